The van der Waals surface area contributed by atoms with Crippen molar-refractivity contribution in [3.05, 3.63) is 0 Å². The molecule has 5 nitrogen and oxygen atoms in total. The zero-order valence-corrected chi connectivity index (χ0v) is 8.33. The molecule has 0 spiro atoms. The van der Waals surface area contributed by atoms with Gasteiger partial charge in [0.2, 0.25) is 0 Å². The van der Waals surface area contributed by atoms with Crippen molar-refractivity contribution in [2.45, 2.75) is 20.0 Å². The lowest BCUT2D eigenvalue weighted by atomic mass is 10.5. The maximum atomic E-state index is 10.9. The molecule has 0 saturated carbocycles. The second-order valence-electron chi connectivity index (χ2n) is 2.70. The monoisotopic (exact) mass is 191 g/mol. The van der Waals surface area contributed by atoms with E-state index in [4.69, 9.17) is 14.3 Å². The molecule has 0 saturated heterocycles. The van der Waals surface area contributed by atoms with Crippen molar-refractivity contribution in [1.82, 2.24) is 5.48 Å². The summed E-state index contributed by atoms with van der Waals surface area (Å²) in [4.78, 5) is 15.7. The minimum atomic E-state index is -0.326. The van der Waals surface area contributed by atoms with E-state index in [-0.39, 0.29) is 18.6 Å². The van der Waals surface area contributed by atoms with E-state index in [1.165, 1.54) is 0 Å². The van der Waals surface area contributed by atoms with Gasteiger partial charge in [0.05, 0.1) is 19.3 Å². The zero-order valence-electron chi connectivity index (χ0n) is 8.33. The highest BCUT2D eigenvalue weighted by Crippen LogP contribution is 1.87. The Morgan fingerprint density at radius 1 is 1.38 bits per heavy atom. The molecule has 0 heterocycles. The number of hydroxylamine groups is 1. The first-order valence-electron chi connectivity index (χ1n) is 4.20. The normalized spacial score (nSPS) is 10.5. The van der Waals surface area contributed by atoms with E-state index in [0.29, 0.717) is 13.2 Å². The average molecular weight is 191 g/mol. The van der Waals surface area contributed by atoms with Gasteiger partial charge in [0.1, 0.15) is 6.54 Å². The van der Waals surface area contributed by atoms with Gasteiger partial charge in [0.15, 0.2) is 0 Å². The Bertz CT molecular complexity index is 138. The number of carbonyl (C=O) groups excluding carboxylic acids is 1. The summed E-state index contributed by atoms with van der Waals surface area (Å²) in [6.45, 7) is 4.55. The van der Waals surface area contributed by atoms with Gasteiger partial charge in [0, 0.05) is 7.11 Å². The first-order chi connectivity index (χ1) is 6.16. The molecule has 0 unspecified atom stereocenters. The van der Waals surface area contributed by atoms with Crippen LogP contribution in [-0.2, 0) is 19.1 Å². The van der Waals surface area contributed by atoms with E-state index in [9.17, 15) is 4.79 Å². The predicted molar refractivity (Wildman–Crippen MR) is 47.1 cm³/mol. The van der Waals surface area contributed by atoms with Crippen molar-refractivity contribution in [3.63, 3.8) is 0 Å². The molecule has 0 aliphatic carbocycles. The number of methoxy groups -OCH3 is 1. The molecular weight excluding hydrogens is 174 g/mol. The van der Waals surface area contributed by atoms with Crippen LogP contribution in [0.1, 0.15) is 13.8 Å². The van der Waals surface area contributed by atoms with Gasteiger partial charge >= 0.3 is 5.97 Å². The number of hydrogen-bond acceptors (Lipinski definition) is 5. The molecule has 5 heteroatoms. The van der Waals surface area contributed by atoms with Crippen molar-refractivity contribution in [1.29, 1.82) is 0 Å². The van der Waals surface area contributed by atoms with Crippen LogP contribution < -0.4 is 5.48 Å². The molecule has 0 aliphatic rings. The van der Waals surface area contributed by atoms with Crippen LogP contribution in [0.5, 0.6) is 0 Å². The van der Waals surface area contributed by atoms with Gasteiger partial charge in [0.25, 0.3) is 0 Å². The lowest BCUT2D eigenvalue weighted by Crippen LogP contribution is -2.27. The average Bonchev–Trinajstić information content (AvgIpc) is 2.02. The SMILES string of the molecule is COCCONCC(=O)OC(C)C. The number of nitrogens with one attached hydrogen (secondary N) is 1. The highest BCUT2D eigenvalue weighted by molar-refractivity contribution is 5.71. The van der Waals surface area contributed by atoms with E-state index in [1.807, 2.05) is 0 Å². The van der Waals surface area contributed by atoms with Crippen LogP contribution in [0.3, 0.4) is 0 Å². The van der Waals surface area contributed by atoms with Gasteiger partial charge in [-0.3, -0.25) is 9.63 Å². The summed E-state index contributed by atoms with van der Waals surface area (Å²) in [6.07, 6.45) is -0.0896. The molecule has 0 aromatic heterocycles. The Balaban J connectivity index is 3.17. The van der Waals surface area contributed by atoms with E-state index in [0.717, 1.165) is 0 Å². The van der Waals surface area contributed by atoms with Gasteiger partial charge in [-0.1, -0.05) is 0 Å². The third kappa shape index (κ3) is 9.26. The minimum Gasteiger partial charge on any atom is -0.462 e. The van der Waals surface area contributed by atoms with E-state index < -0.39 is 0 Å². The van der Waals surface area contributed by atoms with E-state index in [1.54, 1.807) is 21.0 Å². The number of esters is 1. The molecule has 0 aromatic carbocycles. The lowest BCUT2D eigenvalue weighted by molar-refractivity contribution is -0.149. The summed E-state index contributed by atoms with van der Waals surface area (Å²) in [5.41, 5.74) is 2.47. The first kappa shape index (κ1) is 12.3. The fourth-order valence-corrected chi connectivity index (χ4v) is 0.612. The fourth-order valence-electron chi connectivity index (χ4n) is 0.612. The molecule has 78 valence electrons. The highest BCUT2D eigenvalue weighted by Gasteiger charge is 2.03. The summed E-state index contributed by atoms with van der Waals surface area (Å²) in [5, 5.41) is 0. The third-order valence-electron chi connectivity index (χ3n) is 1.08. The van der Waals surface area contributed by atoms with Crippen molar-refractivity contribution in [2.75, 3.05) is 26.9 Å². The number of hydrogen-bond donors (Lipinski definition) is 1. The smallest absolute Gasteiger partial charge is 0.322 e. The second kappa shape index (κ2) is 7.97. The van der Waals surface area contributed by atoms with E-state index >= 15 is 0 Å². The summed E-state index contributed by atoms with van der Waals surface area (Å²) in [6, 6.07) is 0. The zero-order chi connectivity index (χ0) is 10.1. The lowest BCUT2D eigenvalue weighted by Gasteiger charge is -2.08. The fraction of sp³-hybridized carbons (Fsp3) is 0.875. The van der Waals surface area contributed by atoms with Crippen LogP contribution in [0, 0.1) is 0 Å². The molecule has 13 heavy (non-hydrogen) atoms. The highest BCUT2D eigenvalue weighted by atomic mass is 16.7. The maximum Gasteiger partial charge on any atom is 0.322 e. The quantitative estimate of drug-likeness (QED) is 0.351. The molecular formula is C8H17NO4. The Hall–Kier alpha value is -0.650. The van der Waals surface area contributed by atoms with Crippen LogP contribution in [0.2, 0.25) is 0 Å². The predicted octanol–water partition coefficient (Wildman–Crippen LogP) is 0.106. The molecule has 1 N–H and O–H groups in total. The number of carbonyl (C=O) groups is 1. The second-order valence-corrected chi connectivity index (χ2v) is 2.70. The van der Waals surface area contributed by atoms with Crippen LogP contribution >= 0.6 is 0 Å². The summed E-state index contributed by atoms with van der Waals surface area (Å²) < 4.78 is 9.58. The Kier molecular flexibility index (Phi) is 7.57. The maximum absolute atomic E-state index is 10.9. The van der Waals surface area contributed by atoms with Crippen LogP contribution in [0.25, 0.3) is 0 Å². The van der Waals surface area contributed by atoms with Crippen molar-refractivity contribution < 1.29 is 19.1 Å². The third-order valence-corrected chi connectivity index (χ3v) is 1.08. The molecule has 0 aromatic rings. The molecule has 0 fully saturated rings. The molecule has 0 atom stereocenters. The van der Waals surface area contributed by atoms with E-state index in [2.05, 4.69) is 5.48 Å². The van der Waals surface area contributed by atoms with Gasteiger partial charge in [-0.15, -0.1) is 0 Å². The van der Waals surface area contributed by atoms with Gasteiger partial charge in [-0.2, -0.15) is 5.48 Å². The summed E-state index contributed by atoms with van der Waals surface area (Å²) in [7, 11) is 1.58. The number of ether oxygens (including phenoxy) is 2. The molecule has 0 amide bonds. The molecule has 0 radical (unpaired) electrons. The molecule has 0 bridgehead atoms. The topological polar surface area (TPSA) is 56.8 Å². The van der Waals surface area contributed by atoms with Gasteiger partial charge in [-0.25, -0.2) is 0 Å². The van der Waals surface area contributed by atoms with Crippen molar-refractivity contribution in [3.8, 4) is 0 Å². The first-order valence-corrected chi connectivity index (χ1v) is 4.20. The van der Waals surface area contributed by atoms with Crippen LogP contribution in [0.15, 0.2) is 0 Å². The van der Waals surface area contributed by atoms with Crippen LogP contribution in [0.4, 0.5) is 0 Å². The molecule has 0 rings (SSSR count). The Labute approximate surface area is 78.3 Å². The van der Waals surface area contributed by atoms with Crippen LogP contribution in [-0.4, -0.2) is 38.9 Å². The van der Waals surface area contributed by atoms with Gasteiger partial charge in [-0.05, 0) is 13.8 Å². The van der Waals surface area contributed by atoms with Crippen molar-refractivity contribution in [2.24, 2.45) is 0 Å². The standard InChI is InChI=1S/C8H17NO4/c1-7(2)13-8(10)6-9-12-5-4-11-3/h7,9H,4-6H2,1-3H3. The minimum absolute atomic E-state index is 0.0574. The largest absolute Gasteiger partial charge is 0.462 e. The summed E-state index contributed by atoms with van der Waals surface area (Å²) >= 11 is 0. The van der Waals surface area contributed by atoms with Gasteiger partial charge < -0.3 is 9.47 Å². The number of rotatable bonds is 7. The van der Waals surface area contributed by atoms with Crippen molar-refractivity contribution >= 4 is 5.97 Å². The Morgan fingerprint density at radius 3 is 2.62 bits per heavy atom. The Morgan fingerprint density at radius 2 is 2.08 bits per heavy atom. The molecule has 0 aliphatic heterocycles. The summed E-state index contributed by atoms with van der Waals surface area (Å²) in [5.74, 6) is -0.326.